The van der Waals surface area contributed by atoms with Crippen LogP contribution < -0.4 is 10.5 Å². The smallest absolute Gasteiger partial charge is 0.135 e. The normalized spacial score (nSPS) is 12.9. The summed E-state index contributed by atoms with van der Waals surface area (Å²) in [4.78, 5) is 0. The highest BCUT2D eigenvalue weighted by molar-refractivity contribution is 9.10. The van der Waals surface area contributed by atoms with Gasteiger partial charge in [-0.05, 0) is 40.9 Å². The summed E-state index contributed by atoms with van der Waals surface area (Å²) in [6, 6.07) is 5.58. The van der Waals surface area contributed by atoms with Crippen LogP contribution in [0.25, 0.3) is 0 Å². The Balaban J connectivity index is 2.80. The van der Waals surface area contributed by atoms with Crippen LogP contribution >= 0.6 is 15.9 Å². The van der Waals surface area contributed by atoms with E-state index in [1.54, 1.807) is 0 Å². The number of nitrogens with two attached hydrogens (primary N) is 1. The van der Waals surface area contributed by atoms with Crippen molar-refractivity contribution in [2.45, 2.75) is 26.9 Å². The van der Waals surface area contributed by atoms with E-state index in [1.807, 2.05) is 18.2 Å². The summed E-state index contributed by atoms with van der Waals surface area (Å²) in [6.45, 7) is 6.32. The molecule has 0 heterocycles. The van der Waals surface area contributed by atoms with Gasteiger partial charge < -0.3 is 10.5 Å². The molecule has 0 fully saturated rings. The molecule has 14 heavy (non-hydrogen) atoms. The number of hydrogen-bond donors (Lipinski definition) is 1. The molecule has 0 aliphatic carbocycles. The zero-order valence-electron chi connectivity index (χ0n) is 8.75. The molecule has 0 saturated heterocycles. The molecule has 2 nitrogen and oxygen atoms in total. The van der Waals surface area contributed by atoms with Gasteiger partial charge in [0.2, 0.25) is 0 Å². The largest absolute Gasteiger partial charge is 0.489 e. The molecule has 1 rings (SSSR count). The maximum Gasteiger partial charge on any atom is 0.135 e. The SMILES string of the molecule is CC(C)C(C)Oc1cc(N)ccc1Br. The van der Waals surface area contributed by atoms with Crippen LogP contribution in [0.5, 0.6) is 5.75 Å². The lowest BCUT2D eigenvalue weighted by Crippen LogP contribution is -2.18. The Labute approximate surface area is 93.6 Å². The summed E-state index contributed by atoms with van der Waals surface area (Å²) in [5.74, 6) is 1.30. The van der Waals surface area contributed by atoms with E-state index < -0.39 is 0 Å². The number of halogens is 1. The first-order chi connectivity index (χ1) is 6.50. The summed E-state index contributed by atoms with van der Waals surface area (Å²) >= 11 is 3.43. The van der Waals surface area contributed by atoms with Crippen LogP contribution in [0.3, 0.4) is 0 Å². The number of benzene rings is 1. The van der Waals surface area contributed by atoms with Gasteiger partial charge in [-0.15, -0.1) is 0 Å². The van der Waals surface area contributed by atoms with Crippen LogP contribution in [0.1, 0.15) is 20.8 Å². The molecule has 2 N–H and O–H groups in total. The Bertz CT molecular complexity index is 312. The standard InChI is InChI=1S/C11H16BrNO/c1-7(2)8(3)14-11-6-9(13)4-5-10(11)12/h4-8H,13H2,1-3H3. The van der Waals surface area contributed by atoms with E-state index in [9.17, 15) is 0 Å². The molecule has 0 bridgehead atoms. The summed E-state index contributed by atoms with van der Waals surface area (Å²) in [6.07, 6.45) is 0.188. The van der Waals surface area contributed by atoms with Gasteiger partial charge in [0.1, 0.15) is 5.75 Å². The topological polar surface area (TPSA) is 35.2 Å². The fourth-order valence-electron chi connectivity index (χ4n) is 0.947. The first-order valence-corrected chi connectivity index (χ1v) is 5.51. The molecular formula is C11H16BrNO. The lowest BCUT2D eigenvalue weighted by atomic mass is 10.1. The van der Waals surface area contributed by atoms with E-state index in [2.05, 4.69) is 36.7 Å². The predicted molar refractivity (Wildman–Crippen MR) is 63.5 cm³/mol. The number of ether oxygens (including phenoxy) is 1. The minimum absolute atomic E-state index is 0.188. The van der Waals surface area contributed by atoms with Crippen molar-refractivity contribution >= 4 is 21.6 Å². The monoisotopic (exact) mass is 257 g/mol. The molecule has 1 aromatic rings. The molecule has 1 aromatic carbocycles. The van der Waals surface area contributed by atoms with Crippen molar-refractivity contribution < 1.29 is 4.74 Å². The molecule has 0 spiro atoms. The van der Waals surface area contributed by atoms with Crippen molar-refractivity contribution in [3.63, 3.8) is 0 Å². The first-order valence-electron chi connectivity index (χ1n) is 4.72. The molecule has 1 unspecified atom stereocenters. The van der Waals surface area contributed by atoms with Crippen molar-refractivity contribution in [1.29, 1.82) is 0 Å². The van der Waals surface area contributed by atoms with Gasteiger partial charge in [-0.3, -0.25) is 0 Å². The lowest BCUT2D eigenvalue weighted by Gasteiger charge is -2.19. The van der Waals surface area contributed by atoms with Gasteiger partial charge in [-0.2, -0.15) is 0 Å². The van der Waals surface area contributed by atoms with Gasteiger partial charge in [-0.25, -0.2) is 0 Å². The number of nitrogen functional groups attached to an aromatic ring is 1. The molecule has 78 valence electrons. The first kappa shape index (κ1) is 11.4. The average molecular weight is 258 g/mol. The number of rotatable bonds is 3. The van der Waals surface area contributed by atoms with E-state index in [4.69, 9.17) is 10.5 Å². The third-order valence-electron chi connectivity index (χ3n) is 2.21. The predicted octanol–water partition coefficient (Wildman–Crippen LogP) is 3.45. The van der Waals surface area contributed by atoms with E-state index in [-0.39, 0.29) is 6.10 Å². The maximum atomic E-state index is 5.76. The molecule has 0 aromatic heterocycles. The second-order valence-corrected chi connectivity index (χ2v) is 4.61. The Kier molecular flexibility index (Phi) is 3.81. The minimum atomic E-state index is 0.188. The van der Waals surface area contributed by atoms with Crippen LogP contribution in [0.2, 0.25) is 0 Å². The fraction of sp³-hybridized carbons (Fsp3) is 0.455. The molecular weight excluding hydrogens is 242 g/mol. The summed E-state index contributed by atoms with van der Waals surface area (Å²) in [5, 5.41) is 0. The fourth-order valence-corrected chi connectivity index (χ4v) is 1.29. The van der Waals surface area contributed by atoms with Crippen LogP contribution in [0, 0.1) is 5.92 Å². The quantitative estimate of drug-likeness (QED) is 0.842. The Hall–Kier alpha value is -0.700. The molecule has 0 aliphatic heterocycles. The number of anilines is 1. The van der Waals surface area contributed by atoms with E-state index in [0.29, 0.717) is 5.92 Å². The third-order valence-corrected chi connectivity index (χ3v) is 2.86. The summed E-state index contributed by atoms with van der Waals surface area (Å²) in [7, 11) is 0. The van der Waals surface area contributed by atoms with Crippen molar-refractivity contribution in [3.05, 3.63) is 22.7 Å². The molecule has 1 atom stereocenters. The highest BCUT2D eigenvalue weighted by Crippen LogP contribution is 2.28. The van der Waals surface area contributed by atoms with E-state index >= 15 is 0 Å². The molecule has 0 saturated carbocycles. The highest BCUT2D eigenvalue weighted by Gasteiger charge is 2.10. The minimum Gasteiger partial charge on any atom is -0.489 e. The second-order valence-electron chi connectivity index (χ2n) is 3.76. The zero-order chi connectivity index (χ0) is 10.7. The Morgan fingerprint density at radius 1 is 1.29 bits per heavy atom. The molecule has 0 aliphatic rings. The zero-order valence-corrected chi connectivity index (χ0v) is 10.3. The summed E-state index contributed by atoms with van der Waals surface area (Å²) < 4.78 is 6.70. The molecule has 0 radical (unpaired) electrons. The average Bonchev–Trinajstić information content (AvgIpc) is 2.11. The lowest BCUT2D eigenvalue weighted by molar-refractivity contribution is 0.169. The van der Waals surface area contributed by atoms with Gasteiger partial charge in [0.05, 0.1) is 10.6 Å². The van der Waals surface area contributed by atoms with E-state index in [1.165, 1.54) is 0 Å². The summed E-state index contributed by atoms with van der Waals surface area (Å²) in [5.41, 5.74) is 6.40. The maximum absolute atomic E-state index is 5.76. The Morgan fingerprint density at radius 2 is 1.93 bits per heavy atom. The molecule has 0 amide bonds. The van der Waals surface area contributed by atoms with Crippen molar-refractivity contribution in [3.8, 4) is 5.75 Å². The van der Waals surface area contributed by atoms with Gasteiger partial charge in [0, 0.05) is 11.8 Å². The Morgan fingerprint density at radius 3 is 2.50 bits per heavy atom. The molecule has 3 heteroatoms. The van der Waals surface area contributed by atoms with Crippen molar-refractivity contribution in [1.82, 2.24) is 0 Å². The number of hydrogen-bond acceptors (Lipinski definition) is 2. The van der Waals surface area contributed by atoms with Crippen LogP contribution in [-0.2, 0) is 0 Å². The highest BCUT2D eigenvalue weighted by atomic mass is 79.9. The van der Waals surface area contributed by atoms with Gasteiger partial charge in [0.25, 0.3) is 0 Å². The third kappa shape index (κ3) is 2.91. The van der Waals surface area contributed by atoms with Crippen molar-refractivity contribution in [2.75, 3.05) is 5.73 Å². The van der Waals surface area contributed by atoms with Crippen molar-refractivity contribution in [2.24, 2.45) is 5.92 Å². The second kappa shape index (κ2) is 4.69. The van der Waals surface area contributed by atoms with Crippen LogP contribution in [-0.4, -0.2) is 6.10 Å². The van der Waals surface area contributed by atoms with Crippen LogP contribution in [0.4, 0.5) is 5.69 Å². The van der Waals surface area contributed by atoms with Gasteiger partial charge in [-0.1, -0.05) is 13.8 Å². The van der Waals surface area contributed by atoms with Gasteiger partial charge >= 0.3 is 0 Å². The van der Waals surface area contributed by atoms with Gasteiger partial charge in [0.15, 0.2) is 0 Å². The van der Waals surface area contributed by atoms with Crippen LogP contribution in [0.15, 0.2) is 22.7 Å². The van der Waals surface area contributed by atoms with E-state index in [0.717, 1.165) is 15.9 Å².